The molecular weight excluding hydrogens is 399 g/mol. The van der Waals surface area contributed by atoms with Crippen LogP contribution in [-0.4, -0.2) is 54.3 Å². The van der Waals surface area contributed by atoms with Crippen LogP contribution in [0.1, 0.15) is 23.2 Å². The maximum Gasteiger partial charge on any atom is 0.251 e. The molecule has 28 heavy (non-hydrogen) atoms. The van der Waals surface area contributed by atoms with E-state index in [9.17, 15) is 9.90 Å². The molecule has 7 heteroatoms. The Labute approximate surface area is 175 Å². The quantitative estimate of drug-likeness (QED) is 0.714. The summed E-state index contributed by atoms with van der Waals surface area (Å²) >= 11 is 11.9. The highest BCUT2D eigenvalue weighted by atomic mass is 35.5. The van der Waals surface area contributed by atoms with E-state index in [1.165, 1.54) is 0 Å². The van der Waals surface area contributed by atoms with Gasteiger partial charge in [0, 0.05) is 36.3 Å². The SMILES string of the molecule is O=C(NC1CCN(CC(O)COc2ccc(Cl)cc2Cl)CC1)c1ccccc1. The van der Waals surface area contributed by atoms with E-state index in [1.807, 2.05) is 30.3 Å². The van der Waals surface area contributed by atoms with E-state index in [-0.39, 0.29) is 18.6 Å². The van der Waals surface area contributed by atoms with Gasteiger partial charge in [-0.25, -0.2) is 0 Å². The average Bonchev–Trinajstić information content (AvgIpc) is 2.69. The number of nitrogens with zero attached hydrogens (tertiary/aromatic N) is 1. The van der Waals surface area contributed by atoms with E-state index in [0.29, 0.717) is 27.9 Å². The fourth-order valence-corrected chi connectivity index (χ4v) is 3.71. The maximum absolute atomic E-state index is 12.2. The first-order chi connectivity index (χ1) is 13.5. The van der Waals surface area contributed by atoms with E-state index in [1.54, 1.807) is 18.2 Å². The molecule has 5 nitrogen and oxygen atoms in total. The van der Waals surface area contributed by atoms with Crippen molar-refractivity contribution >= 4 is 29.1 Å². The fraction of sp³-hybridized carbons (Fsp3) is 0.381. The number of carbonyl (C=O) groups excluding carboxylic acids is 1. The van der Waals surface area contributed by atoms with Crippen molar-refractivity contribution in [2.75, 3.05) is 26.2 Å². The molecule has 1 unspecified atom stereocenters. The molecule has 2 aromatic rings. The molecule has 0 aliphatic carbocycles. The second kappa shape index (κ2) is 10.1. The van der Waals surface area contributed by atoms with Crippen molar-refractivity contribution in [2.45, 2.75) is 25.0 Å². The number of β-amino-alcohol motifs (C(OH)–C–C–N with tert-alkyl or cyclic N) is 1. The van der Waals surface area contributed by atoms with Crippen molar-refractivity contribution in [3.05, 3.63) is 64.1 Å². The van der Waals surface area contributed by atoms with Crippen LogP contribution in [0.3, 0.4) is 0 Å². The lowest BCUT2D eigenvalue weighted by Gasteiger charge is -2.33. The second-order valence-corrected chi connectivity index (χ2v) is 7.80. The minimum Gasteiger partial charge on any atom is -0.489 e. The van der Waals surface area contributed by atoms with Crippen molar-refractivity contribution < 1.29 is 14.6 Å². The number of rotatable bonds is 7. The number of benzene rings is 2. The van der Waals surface area contributed by atoms with Crippen molar-refractivity contribution in [1.29, 1.82) is 0 Å². The second-order valence-electron chi connectivity index (χ2n) is 6.95. The molecule has 1 amide bonds. The zero-order valence-corrected chi connectivity index (χ0v) is 17.0. The Balaban J connectivity index is 1.38. The van der Waals surface area contributed by atoms with E-state index < -0.39 is 6.10 Å². The predicted octanol–water partition coefficient (Wildman–Crippen LogP) is 3.63. The summed E-state index contributed by atoms with van der Waals surface area (Å²) < 4.78 is 5.59. The third-order valence-electron chi connectivity index (χ3n) is 4.75. The van der Waals surface area contributed by atoms with Gasteiger partial charge in [0.05, 0.1) is 5.02 Å². The largest absolute Gasteiger partial charge is 0.489 e. The van der Waals surface area contributed by atoms with Crippen LogP contribution in [0.5, 0.6) is 5.75 Å². The molecule has 1 atom stereocenters. The molecule has 2 aromatic carbocycles. The number of piperidine rings is 1. The van der Waals surface area contributed by atoms with Crippen LogP contribution >= 0.6 is 23.2 Å². The van der Waals surface area contributed by atoms with Crippen LogP contribution in [0.15, 0.2) is 48.5 Å². The number of aliphatic hydroxyl groups is 1. The summed E-state index contributed by atoms with van der Waals surface area (Å²) in [6.07, 6.45) is 1.09. The molecule has 3 rings (SSSR count). The van der Waals surface area contributed by atoms with Crippen molar-refractivity contribution in [2.24, 2.45) is 0 Å². The number of hydrogen-bond donors (Lipinski definition) is 2. The van der Waals surface area contributed by atoms with Crippen molar-refractivity contribution in [3.8, 4) is 5.75 Å². The standard InChI is InChI=1S/C21H24Cl2N2O3/c22-16-6-7-20(19(23)12-16)28-14-18(26)13-25-10-8-17(9-11-25)24-21(27)15-4-2-1-3-5-15/h1-7,12,17-18,26H,8-11,13-14H2,(H,24,27). The molecule has 0 radical (unpaired) electrons. The molecule has 150 valence electrons. The lowest BCUT2D eigenvalue weighted by molar-refractivity contribution is 0.0568. The topological polar surface area (TPSA) is 61.8 Å². The molecule has 0 spiro atoms. The van der Waals surface area contributed by atoms with Gasteiger partial charge in [-0.05, 0) is 43.2 Å². The Morgan fingerprint density at radius 1 is 1.18 bits per heavy atom. The van der Waals surface area contributed by atoms with Crippen molar-refractivity contribution in [3.63, 3.8) is 0 Å². The number of hydrogen-bond acceptors (Lipinski definition) is 4. The minimum atomic E-state index is -0.623. The van der Waals surface area contributed by atoms with Gasteiger partial charge >= 0.3 is 0 Å². The summed E-state index contributed by atoms with van der Waals surface area (Å²) in [6.45, 7) is 2.31. The normalized spacial score (nSPS) is 16.5. The monoisotopic (exact) mass is 422 g/mol. The number of halogens is 2. The first-order valence-electron chi connectivity index (χ1n) is 9.35. The van der Waals surface area contributed by atoms with E-state index in [4.69, 9.17) is 27.9 Å². The Morgan fingerprint density at radius 3 is 2.57 bits per heavy atom. The Bertz CT molecular complexity index is 780. The minimum absolute atomic E-state index is 0.0349. The van der Waals surface area contributed by atoms with Crippen molar-refractivity contribution in [1.82, 2.24) is 10.2 Å². The molecule has 1 aliphatic heterocycles. The van der Waals surface area contributed by atoms with Crippen LogP contribution in [-0.2, 0) is 0 Å². The summed E-state index contributed by atoms with van der Waals surface area (Å²) in [6, 6.07) is 14.4. The number of likely N-dealkylation sites (tertiary alicyclic amines) is 1. The fourth-order valence-electron chi connectivity index (χ4n) is 3.25. The molecule has 0 bridgehead atoms. The highest BCUT2D eigenvalue weighted by Gasteiger charge is 2.23. The van der Waals surface area contributed by atoms with Crippen LogP contribution in [0, 0.1) is 0 Å². The molecule has 1 aliphatic rings. The summed E-state index contributed by atoms with van der Waals surface area (Å²) in [7, 11) is 0. The third-order valence-corrected chi connectivity index (χ3v) is 5.28. The van der Waals surface area contributed by atoms with Gasteiger partial charge in [-0.1, -0.05) is 41.4 Å². The highest BCUT2D eigenvalue weighted by molar-refractivity contribution is 6.35. The number of carbonyl (C=O) groups is 1. The Morgan fingerprint density at radius 2 is 1.89 bits per heavy atom. The molecule has 0 aromatic heterocycles. The number of ether oxygens (including phenoxy) is 1. The van der Waals surface area contributed by atoms with Gasteiger partial charge in [-0.3, -0.25) is 4.79 Å². The average molecular weight is 423 g/mol. The van der Waals surface area contributed by atoms with Gasteiger partial charge in [0.2, 0.25) is 0 Å². The van der Waals surface area contributed by atoms with Gasteiger partial charge in [-0.15, -0.1) is 0 Å². The molecule has 1 heterocycles. The molecule has 1 fully saturated rings. The van der Waals surface area contributed by atoms with Crippen LogP contribution in [0.25, 0.3) is 0 Å². The first-order valence-corrected chi connectivity index (χ1v) is 10.1. The molecular formula is C21H24Cl2N2O3. The number of nitrogens with one attached hydrogen (secondary N) is 1. The lowest BCUT2D eigenvalue weighted by atomic mass is 10.0. The summed E-state index contributed by atoms with van der Waals surface area (Å²) in [5.74, 6) is 0.472. The molecule has 1 saturated heterocycles. The van der Waals surface area contributed by atoms with Gasteiger partial charge in [0.1, 0.15) is 18.5 Å². The number of amides is 1. The Kier molecular flexibility index (Phi) is 7.57. The van der Waals surface area contributed by atoms with Crippen LogP contribution in [0.2, 0.25) is 10.0 Å². The maximum atomic E-state index is 12.2. The highest BCUT2D eigenvalue weighted by Crippen LogP contribution is 2.27. The molecule has 0 saturated carbocycles. The van der Waals surface area contributed by atoms with Crippen LogP contribution in [0.4, 0.5) is 0 Å². The van der Waals surface area contributed by atoms with Gasteiger partial charge in [0.15, 0.2) is 0 Å². The van der Waals surface area contributed by atoms with Crippen LogP contribution < -0.4 is 10.1 Å². The predicted molar refractivity (Wildman–Crippen MR) is 111 cm³/mol. The first kappa shape index (κ1) is 20.9. The summed E-state index contributed by atoms with van der Waals surface area (Å²) in [5, 5.41) is 14.3. The van der Waals surface area contributed by atoms with Gasteiger partial charge in [0.25, 0.3) is 5.91 Å². The van der Waals surface area contributed by atoms with E-state index in [2.05, 4.69) is 10.2 Å². The van der Waals surface area contributed by atoms with E-state index >= 15 is 0 Å². The molecule has 2 N–H and O–H groups in total. The summed E-state index contributed by atoms with van der Waals surface area (Å²) in [5.41, 5.74) is 0.679. The third kappa shape index (κ3) is 6.11. The van der Waals surface area contributed by atoms with E-state index in [0.717, 1.165) is 25.9 Å². The van der Waals surface area contributed by atoms with Gasteiger partial charge in [-0.2, -0.15) is 0 Å². The zero-order chi connectivity index (χ0) is 19.9. The summed E-state index contributed by atoms with van der Waals surface area (Å²) in [4.78, 5) is 14.4. The van der Waals surface area contributed by atoms with Gasteiger partial charge < -0.3 is 20.1 Å². The lowest BCUT2D eigenvalue weighted by Crippen LogP contribution is -2.47. The number of aliphatic hydroxyl groups excluding tert-OH is 1. The zero-order valence-electron chi connectivity index (χ0n) is 15.5. The smallest absolute Gasteiger partial charge is 0.251 e. The Hall–Kier alpha value is -1.79.